The van der Waals surface area contributed by atoms with Crippen molar-refractivity contribution in [3.8, 4) is 6.07 Å². The van der Waals surface area contributed by atoms with E-state index in [9.17, 15) is 17.6 Å². The molecule has 0 unspecified atom stereocenters. The van der Waals surface area contributed by atoms with Crippen LogP contribution in [0.3, 0.4) is 0 Å². The van der Waals surface area contributed by atoms with Crippen LogP contribution in [0.25, 0.3) is 0 Å². The van der Waals surface area contributed by atoms with Gasteiger partial charge in [0.05, 0.1) is 17.0 Å². The van der Waals surface area contributed by atoms with Crippen LogP contribution in [0.5, 0.6) is 0 Å². The van der Waals surface area contributed by atoms with Crippen molar-refractivity contribution in [1.29, 1.82) is 5.26 Å². The van der Waals surface area contributed by atoms with Crippen LogP contribution < -0.4 is 5.32 Å². The quantitative estimate of drug-likeness (QED) is 0.835. The number of benzene rings is 1. The number of hydrogen-bond donors (Lipinski definition) is 1. The highest BCUT2D eigenvalue weighted by Gasteiger charge is 2.34. The molecule has 0 fully saturated rings. The maximum atomic E-state index is 13.0. The van der Waals surface area contributed by atoms with Gasteiger partial charge in [0.15, 0.2) is 0 Å². The molecule has 2 nitrogen and oxygen atoms in total. The molecule has 0 heterocycles. The molecule has 0 radical (unpaired) electrons. The minimum Gasteiger partial charge on any atom is -0.385 e. The van der Waals surface area contributed by atoms with E-state index in [1.807, 2.05) is 0 Å². The standard InChI is InChI=1S/C13H14F4N2/c1-12(2,8-18)5-6-19-9-3-4-11(14)10(7-9)13(15,16)17/h3-4,7,19H,5-6H2,1-2H3. The van der Waals surface area contributed by atoms with E-state index >= 15 is 0 Å². The molecule has 6 heteroatoms. The van der Waals surface area contributed by atoms with Crippen molar-refractivity contribution in [2.45, 2.75) is 26.4 Å². The second kappa shape index (κ2) is 5.47. The Balaban J connectivity index is 2.74. The highest BCUT2D eigenvalue weighted by atomic mass is 19.4. The number of nitrogens with zero attached hydrogens (tertiary/aromatic N) is 1. The molecular weight excluding hydrogens is 260 g/mol. The largest absolute Gasteiger partial charge is 0.419 e. The van der Waals surface area contributed by atoms with Gasteiger partial charge < -0.3 is 5.32 Å². The molecule has 0 saturated carbocycles. The first-order valence-electron chi connectivity index (χ1n) is 5.67. The molecule has 0 aromatic heterocycles. The highest BCUT2D eigenvalue weighted by molar-refractivity contribution is 5.47. The van der Waals surface area contributed by atoms with Gasteiger partial charge in [-0.2, -0.15) is 18.4 Å². The van der Waals surface area contributed by atoms with Crippen LogP contribution >= 0.6 is 0 Å². The molecule has 1 rings (SSSR count). The molecule has 1 aromatic carbocycles. The van der Waals surface area contributed by atoms with Crippen LogP contribution in [0.15, 0.2) is 18.2 Å². The van der Waals surface area contributed by atoms with Gasteiger partial charge in [0.2, 0.25) is 0 Å². The Bertz CT molecular complexity index is 486. The molecule has 0 bridgehead atoms. The number of hydrogen-bond acceptors (Lipinski definition) is 2. The first-order chi connectivity index (χ1) is 8.65. The predicted molar refractivity (Wildman–Crippen MR) is 63.9 cm³/mol. The first-order valence-corrected chi connectivity index (χ1v) is 5.67. The lowest BCUT2D eigenvalue weighted by molar-refractivity contribution is -0.139. The molecule has 0 aliphatic carbocycles. The predicted octanol–water partition coefficient (Wildman–Crippen LogP) is 4.20. The van der Waals surface area contributed by atoms with Crippen molar-refractivity contribution < 1.29 is 17.6 Å². The van der Waals surface area contributed by atoms with Crippen molar-refractivity contribution >= 4 is 5.69 Å². The second-order valence-electron chi connectivity index (χ2n) is 4.86. The zero-order valence-electron chi connectivity index (χ0n) is 10.6. The van der Waals surface area contributed by atoms with Crippen molar-refractivity contribution in [1.82, 2.24) is 0 Å². The van der Waals surface area contributed by atoms with Crippen LogP contribution in [0, 0.1) is 22.6 Å². The van der Waals surface area contributed by atoms with Crippen LogP contribution in [-0.4, -0.2) is 6.54 Å². The summed E-state index contributed by atoms with van der Waals surface area (Å²) in [5.41, 5.74) is -1.67. The fourth-order valence-corrected chi connectivity index (χ4v) is 1.43. The summed E-state index contributed by atoms with van der Waals surface area (Å²) in [4.78, 5) is 0. The van der Waals surface area contributed by atoms with E-state index in [1.54, 1.807) is 13.8 Å². The summed E-state index contributed by atoms with van der Waals surface area (Å²) in [5, 5.41) is 11.6. The molecule has 0 aliphatic heterocycles. The molecular formula is C13H14F4N2. The summed E-state index contributed by atoms with van der Waals surface area (Å²) in [6.07, 6.45) is -4.24. The first kappa shape index (κ1) is 15.3. The van der Waals surface area contributed by atoms with E-state index < -0.39 is 23.0 Å². The molecule has 1 N–H and O–H groups in total. The maximum Gasteiger partial charge on any atom is 0.419 e. The van der Waals surface area contributed by atoms with Gasteiger partial charge in [0.25, 0.3) is 0 Å². The zero-order chi connectivity index (χ0) is 14.7. The molecule has 0 aliphatic rings. The Morgan fingerprint density at radius 2 is 1.89 bits per heavy atom. The van der Waals surface area contributed by atoms with Crippen LogP contribution in [0.4, 0.5) is 23.2 Å². The molecule has 0 saturated heterocycles. The van der Waals surface area contributed by atoms with Crippen molar-refractivity contribution in [2.24, 2.45) is 5.41 Å². The lowest BCUT2D eigenvalue weighted by Gasteiger charge is -2.16. The van der Waals surface area contributed by atoms with E-state index in [2.05, 4.69) is 11.4 Å². The molecule has 0 atom stereocenters. The van der Waals surface area contributed by atoms with Gasteiger partial charge in [-0.05, 0) is 38.5 Å². The van der Waals surface area contributed by atoms with Gasteiger partial charge in [-0.1, -0.05) is 0 Å². The molecule has 1 aromatic rings. The maximum absolute atomic E-state index is 13.0. The Kier molecular flexibility index (Phi) is 4.40. The topological polar surface area (TPSA) is 35.8 Å². The summed E-state index contributed by atoms with van der Waals surface area (Å²) < 4.78 is 50.5. The van der Waals surface area contributed by atoms with Crippen molar-refractivity contribution in [3.05, 3.63) is 29.6 Å². The summed E-state index contributed by atoms with van der Waals surface area (Å²) in [6.45, 7) is 3.81. The van der Waals surface area contributed by atoms with Gasteiger partial charge in [0, 0.05) is 12.2 Å². The normalized spacial score (nSPS) is 12.1. The van der Waals surface area contributed by atoms with Gasteiger partial charge in [0.1, 0.15) is 5.82 Å². The monoisotopic (exact) mass is 274 g/mol. The van der Waals surface area contributed by atoms with Gasteiger partial charge in [-0.3, -0.25) is 0 Å². The van der Waals surface area contributed by atoms with Gasteiger partial charge >= 0.3 is 6.18 Å². The Morgan fingerprint density at radius 1 is 1.26 bits per heavy atom. The van der Waals surface area contributed by atoms with Crippen molar-refractivity contribution in [3.63, 3.8) is 0 Å². The summed E-state index contributed by atoms with van der Waals surface area (Å²) in [5.74, 6) is -1.30. The average Bonchev–Trinajstić information content (AvgIpc) is 2.30. The SMILES string of the molecule is CC(C)(C#N)CCNc1ccc(F)c(C(F)(F)F)c1. The fourth-order valence-electron chi connectivity index (χ4n) is 1.43. The zero-order valence-corrected chi connectivity index (χ0v) is 10.6. The molecule has 0 amide bonds. The lowest BCUT2D eigenvalue weighted by atomic mass is 9.91. The van der Waals surface area contributed by atoms with E-state index in [1.165, 1.54) is 6.07 Å². The summed E-state index contributed by atoms with van der Waals surface area (Å²) in [7, 11) is 0. The van der Waals surface area contributed by atoms with E-state index in [-0.39, 0.29) is 5.69 Å². The average molecular weight is 274 g/mol. The number of rotatable bonds is 4. The van der Waals surface area contributed by atoms with E-state index in [4.69, 9.17) is 5.26 Å². The third-order valence-corrected chi connectivity index (χ3v) is 2.65. The molecule has 19 heavy (non-hydrogen) atoms. The number of halogens is 4. The van der Waals surface area contributed by atoms with E-state index in [0.29, 0.717) is 13.0 Å². The number of alkyl halides is 3. The number of nitrogens with one attached hydrogen (secondary N) is 1. The lowest BCUT2D eigenvalue weighted by Crippen LogP contribution is -2.15. The fraction of sp³-hybridized carbons (Fsp3) is 0.462. The Hall–Kier alpha value is -1.77. The highest BCUT2D eigenvalue weighted by Crippen LogP contribution is 2.33. The molecule has 104 valence electrons. The third-order valence-electron chi connectivity index (χ3n) is 2.65. The molecule has 0 spiro atoms. The van der Waals surface area contributed by atoms with Crippen LogP contribution in [-0.2, 0) is 6.18 Å². The van der Waals surface area contributed by atoms with Gasteiger partial charge in [-0.15, -0.1) is 0 Å². The van der Waals surface area contributed by atoms with E-state index in [0.717, 1.165) is 12.1 Å². The number of anilines is 1. The Morgan fingerprint density at radius 3 is 2.42 bits per heavy atom. The Labute approximate surface area is 109 Å². The van der Waals surface area contributed by atoms with Crippen LogP contribution in [0.2, 0.25) is 0 Å². The smallest absolute Gasteiger partial charge is 0.385 e. The van der Waals surface area contributed by atoms with Crippen molar-refractivity contribution in [2.75, 3.05) is 11.9 Å². The van der Waals surface area contributed by atoms with Gasteiger partial charge in [-0.25, -0.2) is 4.39 Å². The second-order valence-corrected chi connectivity index (χ2v) is 4.86. The number of nitriles is 1. The minimum absolute atomic E-state index is 0.183. The third kappa shape index (κ3) is 4.43. The summed E-state index contributed by atoms with van der Waals surface area (Å²) in [6, 6.07) is 4.84. The minimum atomic E-state index is -4.71. The van der Waals surface area contributed by atoms with Crippen LogP contribution in [0.1, 0.15) is 25.8 Å². The summed E-state index contributed by atoms with van der Waals surface area (Å²) >= 11 is 0.